The molecule has 29 heavy (non-hydrogen) atoms. The molecule has 0 radical (unpaired) electrons. The number of methoxy groups -OCH3 is 1. The van der Waals surface area contributed by atoms with Gasteiger partial charge in [-0.1, -0.05) is 11.8 Å². The first-order valence-corrected chi connectivity index (χ1v) is 9.74. The first kappa shape index (κ1) is 24.1. The monoisotopic (exact) mass is 427 g/mol. The molecule has 0 fully saturated rings. The SMILES string of the molecule is COC(=O)C(CSC(=O)[C@H](Cc1cnc[nH]1)NC(=O)CCNC(C)=O)NC(C)=O. The molecule has 0 bridgehead atoms. The number of H-pyrrole nitrogens is 1. The summed E-state index contributed by atoms with van der Waals surface area (Å²) >= 11 is 0.798. The van der Waals surface area contributed by atoms with Crippen molar-refractivity contribution < 1.29 is 28.7 Å². The molecular weight excluding hydrogens is 402 g/mol. The van der Waals surface area contributed by atoms with E-state index < -0.39 is 35.0 Å². The second kappa shape index (κ2) is 12.5. The number of nitrogens with zero attached hydrogens (tertiary/aromatic N) is 1. The Morgan fingerprint density at radius 3 is 2.41 bits per heavy atom. The zero-order valence-electron chi connectivity index (χ0n) is 16.4. The number of nitrogens with one attached hydrogen (secondary N) is 4. The summed E-state index contributed by atoms with van der Waals surface area (Å²) in [5.41, 5.74) is 0.637. The number of imidazole rings is 1. The molecule has 1 heterocycles. The van der Waals surface area contributed by atoms with Crippen LogP contribution in [0.25, 0.3) is 0 Å². The van der Waals surface area contributed by atoms with Gasteiger partial charge in [0.1, 0.15) is 12.1 Å². The van der Waals surface area contributed by atoms with Crippen molar-refractivity contribution in [3.05, 3.63) is 18.2 Å². The number of hydrogen-bond donors (Lipinski definition) is 4. The van der Waals surface area contributed by atoms with Crippen molar-refractivity contribution in [2.45, 2.75) is 38.8 Å². The maximum atomic E-state index is 12.7. The van der Waals surface area contributed by atoms with Crippen LogP contribution in [0.15, 0.2) is 12.5 Å². The third kappa shape index (κ3) is 9.74. The van der Waals surface area contributed by atoms with Gasteiger partial charge in [0.15, 0.2) is 0 Å². The fourth-order valence-electron chi connectivity index (χ4n) is 2.25. The summed E-state index contributed by atoms with van der Waals surface area (Å²) in [6.45, 7) is 2.73. The van der Waals surface area contributed by atoms with E-state index in [1.807, 2.05) is 0 Å². The van der Waals surface area contributed by atoms with E-state index in [-0.39, 0.29) is 31.0 Å². The molecule has 2 atom stereocenters. The smallest absolute Gasteiger partial charge is 0.329 e. The number of aromatic nitrogens is 2. The Morgan fingerprint density at radius 2 is 1.86 bits per heavy atom. The molecular formula is C17H25N5O6S. The van der Waals surface area contributed by atoms with Crippen LogP contribution >= 0.6 is 11.8 Å². The molecule has 1 aromatic rings. The van der Waals surface area contributed by atoms with Crippen LogP contribution in [0.5, 0.6) is 0 Å². The number of amides is 3. The summed E-state index contributed by atoms with van der Waals surface area (Å²) < 4.78 is 4.62. The number of carbonyl (C=O) groups excluding carboxylic acids is 5. The molecule has 1 unspecified atom stereocenters. The van der Waals surface area contributed by atoms with Crippen LogP contribution in [-0.2, 0) is 35.1 Å². The van der Waals surface area contributed by atoms with Gasteiger partial charge in [-0.15, -0.1) is 0 Å². The molecule has 0 saturated carbocycles. The van der Waals surface area contributed by atoms with E-state index in [1.54, 1.807) is 0 Å². The summed E-state index contributed by atoms with van der Waals surface area (Å²) in [6.07, 6.45) is 3.16. The molecule has 160 valence electrons. The highest BCUT2D eigenvalue weighted by Gasteiger charge is 2.26. The maximum absolute atomic E-state index is 12.7. The van der Waals surface area contributed by atoms with Crippen LogP contribution in [0, 0.1) is 0 Å². The van der Waals surface area contributed by atoms with Gasteiger partial charge in [-0.2, -0.15) is 0 Å². The average Bonchev–Trinajstić information content (AvgIpc) is 3.16. The Balaban J connectivity index is 2.73. The molecule has 0 aliphatic heterocycles. The molecule has 1 rings (SSSR count). The fourth-order valence-corrected chi connectivity index (χ4v) is 3.14. The third-order valence-corrected chi connectivity index (χ3v) is 4.65. The number of rotatable bonds is 11. The highest BCUT2D eigenvalue weighted by atomic mass is 32.2. The van der Waals surface area contributed by atoms with E-state index in [0.29, 0.717) is 5.69 Å². The highest BCUT2D eigenvalue weighted by molar-refractivity contribution is 8.13. The lowest BCUT2D eigenvalue weighted by Gasteiger charge is -2.19. The Morgan fingerprint density at radius 1 is 1.14 bits per heavy atom. The van der Waals surface area contributed by atoms with Crippen molar-refractivity contribution in [3.63, 3.8) is 0 Å². The number of hydrogen-bond acceptors (Lipinski definition) is 8. The molecule has 0 saturated heterocycles. The summed E-state index contributed by atoms with van der Waals surface area (Å²) in [7, 11) is 1.18. The molecule has 0 spiro atoms. The van der Waals surface area contributed by atoms with Gasteiger partial charge in [-0.3, -0.25) is 19.2 Å². The van der Waals surface area contributed by atoms with Gasteiger partial charge in [0.05, 0.1) is 13.4 Å². The summed E-state index contributed by atoms with van der Waals surface area (Å²) in [5, 5.41) is 7.15. The number of carbonyl (C=O) groups is 5. The minimum Gasteiger partial charge on any atom is -0.467 e. The van der Waals surface area contributed by atoms with Crippen LogP contribution in [0.2, 0.25) is 0 Å². The van der Waals surface area contributed by atoms with E-state index >= 15 is 0 Å². The Kier molecular flexibility index (Phi) is 10.4. The highest BCUT2D eigenvalue weighted by Crippen LogP contribution is 2.12. The van der Waals surface area contributed by atoms with E-state index in [1.165, 1.54) is 33.5 Å². The van der Waals surface area contributed by atoms with E-state index in [0.717, 1.165) is 11.8 Å². The van der Waals surface area contributed by atoms with Crippen molar-refractivity contribution in [2.24, 2.45) is 0 Å². The summed E-state index contributed by atoms with van der Waals surface area (Å²) in [4.78, 5) is 65.4. The van der Waals surface area contributed by atoms with Crippen molar-refractivity contribution in [1.82, 2.24) is 25.9 Å². The van der Waals surface area contributed by atoms with Gasteiger partial charge in [0.2, 0.25) is 22.8 Å². The van der Waals surface area contributed by atoms with E-state index in [4.69, 9.17) is 0 Å². The van der Waals surface area contributed by atoms with Gasteiger partial charge in [-0.05, 0) is 0 Å². The molecule has 1 aromatic heterocycles. The van der Waals surface area contributed by atoms with Crippen molar-refractivity contribution in [3.8, 4) is 0 Å². The first-order chi connectivity index (χ1) is 13.7. The van der Waals surface area contributed by atoms with E-state index in [9.17, 15) is 24.0 Å². The van der Waals surface area contributed by atoms with Gasteiger partial charge in [-0.25, -0.2) is 9.78 Å². The van der Waals surface area contributed by atoms with Gasteiger partial charge in [0, 0.05) is 50.9 Å². The molecule has 0 aliphatic rings. The van der Waals surface area contributed by atoms with Crippen LogP contribution in [0.1, 0.15) is 26.0 Å². The maximum Gasteiger partial charge on any atom is 0.329 e. The topological polar surface area (TPSA) is 159 Å². The van der Waals surface area contributed by atoms with Crippen LogP contribution < -0.4 is 16.0 Å². The lowest BCUT2D eigenvalue weighted by molar-refractivity contribution is -0.144. The molecule has 0 aliphatic carbocycles. The minimum absolute atomic E-state index is 0.00762. The Labute approximate surface area is 172 Å². The standard InChI is InChI=1S/C17H25N5O6S/c1-10(23)19-5-4-15(25)22-13(6-12-7-18-9-20-12)17(27)29-8-14(16(26)28-3)21-11(2)24/h7,9,13-14H,4-6,8H2,1-3H3,(H,18,20)(H,19,23)(H,21,24)(H,22,25)/t13-,14?/m0/s1. The second-order valence-electron chi connectivity index (χ2n) is 6.04. The lowest BCUT2D eigenvalue weighted by atomic mass is 10.2. The first-order valence-electron chi connectivity index (χ1n) is 8.75. The minimum atomic E-state index is -0.991. The quantitative estimate of drug-likeness (QED) is 0.324. The second-order valence-corrected chi connectivity index (χ2v) is 7.06. The van der Waals surface area contributed by atoms with Gasteiger partial charge >= 0.3 is 5.97 Å². The number of esters is 1. The zero-order chi connectivity index (χ0) is 21.8. The molecule has 11 nitrogen and oxygen atoms in total. The average molecular weight is 427 g/mol. The van der Waals surface area contributed by atoms with Crippen molar-refractivity contribution in [2.75, 3.05) is 19.4 Å². The predicted octanol–water partition coefficient (Wildman–Crippen LogP) is -1.10. The van der Waals surface area contributed by atoms with Gasteiger partial charge in [0.25, 0.3) is 0 Å². The van der Waals surface area contributed by atoms with Crippen LogP contribution in [0.3, 0.4) is 0 Å². The summed E-state index contributed by atoms with van der Waals surface area (Å²) in [5.74, 6) is -1.83. The normalized spacial score (nSPS) is 12.4. The Hall–Kier alpha value is -2.89. The molecule has 12 heteroatoms. The zero-order valence-corrected chi connectivity index (χ0v) is 17.3. The summed E-state index contributed by atoms with van der Waals surface area (Å²) in [6, 6.07) is -1.88. The van der Waals surface area contributed by atoms with Crippen molar-refractivity contribution >= 4 is 40.6 Å². The number of aromatic amines is 1. The lowest BCUT2D eigenvalue weighted by Crippen LogP contribution is -2.45. The predicted molar refractivity (Wildman–Crippen MR) is 105 cm³/mol. The Bertz CT molecular complexity index is 724. The fraction of sp³-hybridized carbons (Fsp3) is 0.529. The number of ether oxygens (including phenoxy) is 1. The number of thioether (sulfide) groups is 1. The molecule has 4 N–H and O–H groups in total. The third-order valence-electron chi connectivity index (χ3n) is 3.58. The van der Waals surface area contributed by atoms with Crippen LogP contribution in [0.4, 0.5) is 0 Å². The molecule has 3 amide bonds. The van der Waals surface area contributed by atoms with Crippen molar-refractivity contribution in [1.29, 1.82) is 0 Å². The van der Waals surface area contributed by atoms with Gasteiger partial charge < -0.3 is 25.7 Å². The van der Waals surface area contributed by atoms with Crippen LogP contribution in [-0.4, -0.2) is 70.3 Å². The van der Waals surface area contributed by atoms with E-state index in [2.05, 4.69) is 30.7 Å². The largest absolute Gasteiger partial charge is 0.467 e. The molecule has 0 aromatic carbocycles.